The Morgan fingerprint density at radius 2 is 1.46 bits per heavy atom. The summed E-state index contributed by atoms with van der Waals surface area (Å²) in [5.41, 5.74) is 4.06. The predicted molar refractivity (Wildman–Crippen MR) is 95.0 cm³/mol. The van der Waals surface area contributed by atoms with Crippen molar-refractivity contribution < 1.29 is 14.6 Å². The zero-order valence-electron chi connectivity index (χ0n) is 14.8. The number of carboxylic acids is 1. The molecule has 0 radical (unpaired) electrons. The molecule has 1 N–H and O–H groups in total. The summed E-state index contributed by atoms with van der Waals surface area (Å²) in [5, 5.41) is 9.02. The molecule has 2 aromatic carbocycles. The summed E-state index contributed by atoms with van der Waals surface area (Å²) in [6.07, 6.45) is 0. The smallest absolute Gasteiger partial charge is 0.335 e. The maximum Gasteiger partial charge on any atom is 0.335 e. The van der Waals surface area contributed by atoms with Crippen LogP contribution in [-0.2, 0) is 15.9 Å². The van der Waals surface area contributed by atoms with Gasteiger partial charge in [-0.15, -0.1) is 0 Å². The van der Waals surface area contributed by atoms with Crippen LogP contribution in [0.25, 0.3) is 0 Å². The average Bonchev–Trinajstić information content (AvgIpc) is 2.71. The van der Waals surface area contributed by atoms with Crippen molar-refractivity contribution in [3.8, 4) is 0 Å². The number of fused-ring (bicyclic) bond motifs is 1. The van der Waals surface area contributed by atoms with E-state index < -0.39 is 5.97 Å². The summed E-state index contributed by atoms with van der Waals surface area (Å²) in [4.78, 5) is 13.0. The molecule has 0 spiro atoms. The van der Waals surface area contributed by atoms with E-state index in [-0.39, 0.29) is 16.8 Å². The second-order valence-electron chi connectivity index (χ2n) is 7.26. The minimum absolute atomic E-state index is 0.289. The third kappa shape index (κ3) is 2.67. The third-order valence-corrected chi connectivity index (χ3v) is 4.70. The Balaban J connectivity index is 1.97. The van der Waals surface area contributed by atoms with Gasteiger partial charge in [0.15, 0.2) is 0 Å². The van der Waals surface area contributed by atoms with Crippen molar-refractivity contribution in [1.82, 2.24) is 0 Å². The number of carboxylic acid groups (broad SMARTS) is 1. The van der Waals surface area contributed by atoms with Crippen molar-refractivity contribution in [2.75, 3.05) is 11.9 Å². The monoisotopic (exact) mass is 325 g/mol. The highest BCUT2D eigenvalue weighted by molar-refractivity contribution is 5.88. The Kier molecular flexibility index (Phi) is 3.68. The highest BCUT2D eigenvalue weighted by atomic mass is 16.5. The lowest BCUT2D eigenvalue weighted by Gasteiger charge is -2.25. The number of carbonyl (C=O) groups is 1. The van der Waals surface area contributed by atoms with Crippen LogP contribution in [0.15, 0.2) is 42.5 Å². The molecule has 0 bridgehead atoms. The van der Waals surface area contributed by atoms with Gasteiger partial charge in [-0.25, -0.2) is 4.79 Å². The number of hydrogen-bond acceptors (Lipinski definition) is 3. The molecule has 0 unspecified atom stereocenters. The van der Waals surface area contributed by atoms with Crippen LogP contribution >= 0.6 is 0 Å². The second kappa shape index (κ2) is 5.35. The Labute approximate surface area is 142 Å². The second-order valence-corrected chi connectivity index (χ2v) is 7.26. The zero-order chi connectivity index (χ0) is 17.7. The fourth-order valence-corrected chi connectivity index (χ4v) is 3.49. The van der Waals surface area contributed by atoms with Gasteiger partial charge in [0, 0.05) is 18.4 Å². The first kappa shape index (κ1) is 16.5. The van der Waals surface area contributed by atoms with E-state index in [2.05, 4.69) is 45.9 Å². The highest BCUT2D eigenvalue weighted by Crippen LogP contribution is 2.47. The van der Waals surface area contributed by atoms with Gasteiger partial charge in [-0.1, -0.05) is 6.07 Å². The molecule has 1 aliphatic heterocycles. The number of rotatable bonds is 3. The van der Waals surface area contributed by atoms with Gasteiger partial charge in [0.2, 0.25) is 0 Å². The summed E-state index contributed by atoms with van der Waals surface area (Å²) in [5.74, 6) is -0.914. The van der Waals surface area contributed by atoms with E-state index in [4.69, 9.17) is 9.84 Å². The van der Waals surface area contributed by atoms with Crippen molar-refractivity contribution in [2.24, 2.45) is 0 Å². The van der Waals surface area contributed by atoms with E-state index in [1.165, 1.54) is 11.1 Å². The van der Waals surface area contributed by atoms with Gasteiger partial charge in [-0.2, -0.15) is 0 Å². The number of aromatic carboxylic acids is 1. The Hall–Kier alpha value is -2.33. The molecular weight excluding hydrogens is 302 g/mol. The summed E-state index contributed by atoms with van der Waals surface area (Å²) in [6.45, 7) is 8.36. The topological polar surface area (TPSA) is 49.8 Å². The predicted octanol–water partition coefficient (Wildman–Crippen LogP) is 4.65. The van der Waals surface area contributed by atoms with E-state index >= 15 is 0 Å². The van der Waals surface area contributed by atoms with Crippen LogP contribution in [0.5, 0.6) is 0 Å². The molecule has 0 amide bonds. The molecular formula is C20H23NO3. The summed E-state index contributed by atoms with van der Waals surface area (Å²) in [7, 11) is 1.98. The lowest BCUT2D eigenvalue weighted by Crippen LogP contribution is -2.22. The average molecular weight is 325 g/mol. The van der Waals surface area contributed by atoms with Gasteiger partial charge in [0.25, 0.3) is 0 Å². The molecule has 4 heteroatoms. The van der Waals surface area contributed by atoms with E-state index in [0.29, 0.717) is 0 Å². The molecule has 0 fully saturated rings. The van der Waals surface area contributed by atoms with Crippen LogP contribution in [0.4, 0.5) is 11.4 Å². The molecule has 0 aromatic heterocycles. The third-order valence-electron chi connectivity index (χ3n) is 4.70. The minimum atomic E-state index is -0.914. The molecule has 4 nitrogen and oxygen atoms in total. The van der Waals surface area contributed by atoms with Crippen LogP contribution in [0, 0.1) is 0 Å². The van der Waals surface area contributed by atoms with Crippen LogP contribution in [0.1, 0.15) is 49.2 Å². The molecule has 0 saturated heterocycles. The van der Waals surface area contributed by atoms with Crippen molar-refractivity contribution in [3.63, 3.8) is 0 Å². The van der Waals surface area contributed by atoms with Crippen LogP contribution in [0.3, 0.4) is 0 Å². The van der Waals surface area contributed by atoms with Gasteiger partial charge in [-0.3, -0.25) is 0 Å². The first-order valence-electron chi connectivity index (χ1n) is 8.04. The van der Waals surface area contributed by atoms with Gasteiger partial charge in [-0.05, 0) is 75.2 Å². The summed E-state index contributed by atoms with van der Waals surface area (Å²) < 4.78 is 6.21. The lowest BCUT2D eigenvalue weighted by molar-refractivity contribution is -0.105. The number of ether oxygens (including phenoxy) is 1. The molecule has 24 heavy (non-hydrogen) atoms. The lowest BCUT2D eigenvalue weighted by atomic mass is 9.90. The van der Waals surface area contributed by atoms with E-state index in [9.17, 15) is 4.79 Å². The zero-order valence-corrected chi connectivity index (χ0v) is 14.8. The fraction of sp³-hybridized carbons (Fsp3) is 0.350. The van der Waals surface area contributed by atoms with E-state index in [1.54, 1.807) is 12.1 Å². The standard InChI is InChI=1S/C20H23NO3/c1-19(2)16-11-10-15(12-17(16)20(3,4)24-19)21(5)14-8-6-13(7-9-14)18(22)23/h6-12H,1-5H3,(H,22,23). The van der Waals surface area contributed by atoms with E-state index in [0.717, 1.165) is 11.4 Å². The Morgan fingerprint density at radius 1 is 0.917 bits per heavy atom. The molecule has 2 aromatic rings. The highest BCUT2D eigenvalue weighted by Gasteiger charge is 2.42. The van der Waals surface area contributed by atoms with Crippen molar-refractivity contribution in [2.45, 2.75) is 38.9 Å². The van der Waals surface area contributed by atoms with Crippen LogP contribution < -0.4 is 4.90 Å². The maximum atomic E-state index is 11.0. The Bertz CT molecular complexity index is 791. The number of nitrogens with zero attached hydrogens (tertiary/aromatic N) is 1. The molecule has 0 atom stereocenters. The molecule has 1 heterocycles. The first-order chi connectivity index (χ1) is 11.1. The minimum Gasteiger partial charge on any atom is -0.478 e. The van der Waals surface area contributed by atoms with Crippen molar-refractivity contribution in [1.29, 1.82) is 0 Å². The Morgan fingerprint density at radius 3 is 2.04 bits per heavy atom. The van der Waals surface area contributed by atoms with Crippen molar-refractivity contribution >= 4 is 17.3 Å². The molecule has 126 valence electrons. The van der Waals surface area contributed by atoms with Crippen LogP contribution in [-0.4, -0.2) is 18.1 Å². The molecule has 1 aliphatic rings. The molecule has 0 saturated carbocycles. The first-order valence-corrected chi connectivity index (χ1v) is 8.04. The molecule has 3 rings (SSSR count). The van der Waals surface area contributed by atoms with Gasteiger partial charge < -0.3 is 14.7 Å². The maximum absolute atomic E-state index is 11.0. The number of hydrogen-bond donors (Lipinski definition) is 1. The van der Waals surface area contributed by atoms with Gasteiger partial charge in [0.1, 0.15) is 0 Å². The van der Waals surface area contributed by atoms with E-state index in [1.807, 2.05) is 24.1 Å². The fourth-order valence-electron chi connectivity index (χ4n) is 3.49. The van der Waals surface area contributed by atoms with Gasteiger partial charge in [0.05, 0.1) is 16.8 Å². The normalized spacial score (nSPS) is 17.4. The van der Waals surface area contributed by atoms with Crippen molar-refractivity contribution in [3.05, 3.63) is 59.2 Å². The largest absolute Gasteiger partial charge is 0.478 e. The number of benzene rings is 2. The molecule has 0 aliphatic carbocycles. The van der Waals surface area contributed by atoms with Crippen LogP contribution in [0.2, 0.25) is 0 Å². The summed E-state index contributed by atoms with van der Waals surface area (Å²) in [6, 6.07) is 13.3. The quantitative estimate of drug-likeness (QED) is 0.892. The van der Waals surface area contributed by atoms with Gasteiger partial charge >= 0.3 is 5.97 Å². The number of anilines is 2. The SMILES string of the molecule is CN(c1ccc(C(=O)O)cc1)c1ccc2c(c1)C(C)(C)OC2(C)C. The summed E-state index contributed by atoms with van der Waals surface area (Å²) >= 11 is 0.